The van der Waals surface area contributed by atoms with E-state index in [1.54, 1.807) is 0 Å². The van der Waals surface area contributed by atoms with E-state index in [0.717, 1.165) is 65.3 Å². The Bertz CT molecular complexity index is 279. The lowest BCUT2D eigenvalue weighted by Crippen LogP contribution is -2.54. The third-order valence-electron chi connectivity index (χ3n) is 4.62. The highest BCUT2D eigenvalue weighted by atomic mass is 16.5. The minimum Gasteiger partial charge on any atom is -0.381 e. The van der Waals surface area contributed by atoms with Crippen LogP contribution in [-0.4, -0.2) is 51.2 Å². The lowest BCUT2D eigenvalue weighted by Gasteiger charge is -2.45. The summed E-state index contributed by atoms with van der Waals surface area (Å²) in [6.45, 7) is 7.79. The lowest BCUT2D eigenvalue weighted by molar-refractivity contribution is -0.143. The highest BCUT2D eigenvalue weighted by Crippen LogP contribution is 2.34. The molecule has 3 aliphatic rings. The van der Waals surface area contributed by atoms with E-state index in [1.807, 2.05) is 0 Å². The van der Waals surface area contributed by atoms with Gasteiger partial charge in [0.15, 0.2) is 0 Å². The van der Waals surface area contributed by atoms with Gasteiger partial charge >= 0.3 is 0 Å². The monoisotopic (exact) mass is 255 g/mol. The van der Waals surface area contributed by atoms with Gasteiger partial charge in [0.1, 0.15) is 0 Å². The molecule has 3 heterocycles. The Labute approximate surface area is 109 Å². The first kappa shape index (κ1) is 12.9. The van der Waals surface area contributed by atoms with Crippen LogP contribution >= 0.6 is 0 Å². The van der Waals surface area contributed by atoms with Crippen LogP contribution in [-0.2, 0) is 14.2 Å². The van der Waals surface area contributed by atoms with Crippen LogP contribution in [0, 0.1) is 5.41 Å². The van der Waals surface area contributed by atoms with Crippen molar-refractivity contribution in [1.29, 1.82) is 0 Å². The van der Waals surface area contributed by atoms with Crippen molar-refractivity contribution in [3.63, 3.8) is 0 Å². The van der Waals surface area contributed by atoms with E-state index in [0.29, 0.717) is 11.5 Å². The molecule has 0 amide bonds. The number of rotatable bonds is 3. The van der Waals surface area contributed by atoms with E-state index in [9.17, 15) is 0 Å². The summed E-state index contributed by atoms with van der Waals surface area (Å²) in [5.41, 5.74) is 0.465. The predicted molar refractivity (Wildman–Crippen MR) is 68.7 cm³/mol. The van der Waals surface area contributed by atoms with Gasteiger partial charge in [-0.3, -0.25) is 0 Å². The summed E-state index contributed by atoms with van der Waals surface area (Å²) in [6, 6.07) is 0.606. The molecule has 3 rings (SSSR count). The Balaban J connectivity index is 1.50. The second-order valence-electron chi connectivity index (χ2n) is 6.52. The summed E-state index contributed by atoms with van der Waals surface area (Å²) < 4.78 is 16.8. The van der Waals surface area contributed by atoms with Crippen molar-refractivity contribution < 1.29 is 14.2 Å². The van der Waals surface area contributed by atoms with Crippen LogP contribution in [0.15, 0.2) is 0 Å². The molecule has 1 unspecified atom stereocenters. The van der Waals surface area contributed by atoms with Gasteiger partial charge in [-0.05, 0) is 25.7 Å². The van der Waals surface area contributed by atoms with Crippen molar-refractivity contribution in [3.05, 3.63) is 0 Å². The topological polar surface area (TPSA) is 39.7 Å². The molecule has 18 heavy (non-hydrogen) atoms. The lowest BCUT2D eigenvalue weighted by atomic mass is 9.83. The summed E-state index contributed by atoms with van der Waals surface area (Å²) in [6.07, 6.45) is 4.41. The maximum absolute atomic E-state index is 6.06. The highest BCUT2D eigenvalue weighted by molar-refractivity contribution is 4.93. The van der Waals surface area contributed by atoms with Gasteiger partial charge < -0.3 is 19.5 Å². The Morgan fingerprint density at radius 2 is 1.89 bits per heavy atom. The molecule has 3 aliphatic heterocycles. The van der Waals surface area contributed by atoms with Gasteiger partial charge in [0.25, 0.3) is 0 Å². The molecule has 3 fully saturated rings. The third-order valence-corrected chi connectivity index (χ3v) is 4.62. The molecule has 0 aliphatic carbocycles. The Kier molecular flexibility index (Phi) is 3.63. The number of hydrogen-bond donors (Lipinski definition) is 1. The van der Waals surface area contributed by atoms with E-state index in [1.165, 1.54) is 0 Å². The average Bonchev–Trinajstić information content (AvgIpc) is 2.35. The fourth-order valence-electron chi connectivity index (χ4n) is 3.24. The third kappa shape index (κ3) is 2.72. The average molecular weight is 255 g/mol. The van der Waals surface area contributed by atoms with Crippen LogP contribution in [0.1, 0.15) is 32.6 Å². The molecule has 4 nitrogen and oxygen atoms in total. The molecule has 0 aromatic carbocycles. The Morgan fingerprint density at radius 1 is 1.11 bits per heavy atom. The standard InChI is InChI=1S/C14H25NO3/c1-13(10-17-11-13)9-15-12-2-5-18-14(8-12)3-6-16-7-4-14/h12,15H,2-11H2,1H3. The van der Waals surface area contributed by atoms with E-state index in [-0.39, 0.29) is 5.60 Å². The van der Waals surface area contributed by atoms with E-state index >= 15 is 0 Å². The molecule has 3 saturated heterocycles. The van der Waals surface area contributed by atoms with Crippen LogP contribution in [0.5, 0.6) is 0 Å². The minimum atomic E-state index is 0.102. The van der Waals surface area contributed by atoms with Gasteiger partial charge in [-0.2, -0.15) is 0 Å². The first-order valence-corrected chi connectivity index (χ1v) is 7.23. The van der Waals surface area contributed by atoms with Gasteiger partial charge in [0, 0.05) is 37.8 Å². The van der Waals surface area contributed by atoms with Crippen molar-refractivity contribution in [3.8, 4) is 0 Å². The molecule has 1 spiro atoms. The molecule has 0 aromatic rings. The van der Waals surface area contributed by atoms with Gasteiger partial charge in [0.05, 0.1) is 18.8 Å². The molecule has 0 radical (unpaired) electrons. The summed E-state index contributed by atoms with van der Waals surface area (Å²) in [7, 11) is 0. The van der Waals surface area contributed by atoms with Crippen molar-refractivity contribution in [2.75, 3.05) is 39.6 Å². The van der Waals surface area contributed by atoms with Crippen LogP contribution < -0.4 is 5.32 Å². The maximum Gasteiger partial charge on any atom is 0.0741 e. The second kappa shape index (κ2) is 5.08. The summed E-state index contributed by atoms with van der Waals surface area (Å²) in [4.78, 5) is 0. The molecular weight excluding hydrogens is 230 g/mol. The smallest absolute Gasteiger partial charge is 0.0741 e. The summed E-state index contributed by atoms with van der Waals surface area (Å²) in [5.74, 6) is 0. The molecule has 1 N–H and O–H groups in total. The molecule has 0 bridgehead atoms. The number of ether oxygens (including phenoxy) is 3. The molecule has 1 atom stereocenters. The normalized spacial score (nSPS) is 34.2. The Morgan fingerprint density at radius 3 is 2.56 bits per heavy atom. The van der Waals surface area contributed by atoms with E-state index in [4.69, 9.17) is 14.2 Å². The molecule has 0 saturated carbocycles. The van der Waals surface area contributed by atoms with Crippen LogP contribution in [0.4, 0.5) is 0 Å². The second-order valence-corrected chi connectivity index (χ2v) is 6.52. The SMILES string of the molecule is CC1(CNC2CCOC3(CCOCC3)C2)COC1. The zero-order valence-corrected chi connectivity index (χ0v) is 11.4. The maximum atomic E-state index is 6.06. The van der Waals surface area contributed by atoms with Crippen LogP contribution in [0.25, 0.3) is 0 Å². The number of nitrogens with one attached hydrogen (secondary N) is 1. The molecular formula is C14H25NO3. The zero-order valence-electron chi connectivity index (χ0n) is 11.4. The van der Waals surface area contributed by atoms with E-state index < -0.39 is 0 Å². The van der Waals surface area contributed by atoms with Gasteiger partial charge in [0.2, 0.25) is 0 Å². The first-order chi connectivity index (χ1) is 8.70. The molecule has 0 aromatic heterocycles. The highest BCUT2D eigenvalue weighted by Gasteiger charge is 2.40. The zero-order chi connectivity index (χ0) is 12.5. The first-order valence-electron chi connectivity index (χ1n) is 7.23. The Hall–Kier alpha value is -0.160. The minimum absolute atomic E-state index is 0.102. The van der Waals surface area contributed by atoms with Crippen molar-refractivity contribution in [1.82, 2.24) is 5.32 Å². The van der Waals surface area contributed by atoms with Crippen molar-refractivity contribution in [2.45, 2.75) is 44.2 Å². The number of hydrogen-bond acceptors (Lipinski definition) is 4. The molecule has 4 heteroatoms. The van der Waals surface area contributed by atoms with Gasteiger partial charge in [-0.15, -0.1) is 0 Å². The summed E-state index contributed by atoms with van der Waals surface area (Å²) in [5, 5.41) is 3.73. The van der Waals surface area contributed by atoms with Crippen LogP contribution in [0.2, 0.25) is 0 Å². The fraction of sp³-hybridized carbons (Fsp3) is 1.00. The fourth-order valence-corrected chi connectivity index (χ4v) is 3.24. The van der Waals surface area contributed by atoms with Gasteiger partial charge in [-0.1, -0.05) is 6.92 Å². The largest absolute Gasteiger partial charge is 0.381 e. The quantitative estimate of drug-likeness (QED) is 0.826. The van der Waals surface area contributed by atoms with Crippen molar-refractivity contribution >= 4 is 0 Å². The van der Waals surface area contributed by atoms with Crippen LogP contribution in [0.3, 0.4) is 0 Å². The van der Waals surface area contributed by atoms with E-state index in [2.05, 4.69) is 12.2 Å². The molecule has 104 valence electrons. The summed E-state index contributed by atoms with van der Waals surface area (Å²) >= 11 is 0. The van der Waals surface area contributed by atoms with Crippen molar-refractivity contribution in [2.24, 2.45) is 5.41 Å². The van der Waals surface area contributed by atoms with Gasteiger partial charge in [-0.25, -0.2) is 0 Å². The predicted octanol–water partition coefficient (Wildman–Crippen LogP) is 1.34.